The van der Waals surface area contributed by atoms with Gasteiger partial charge in [-0.05, 0) is 139 Å². The summed E-state index contributed by atoms with van der Waals surface area (Å²) in [6.07, 6.45) is 12.1. The first-order chi connectivity index (χ1) is 18.7. The minimum atomic E-state index is -1.84. The minimum Gasteiger partial charge on any atom is -0.415 e. The zero-order chi connectivity index (χ0) is 29.0. The van der Waals surface area contributed by atoms with Crippen LogP contribution in [0.25, 0.3) is 0 Å². The maximum absolute atomic E-state index is 7.31. The summed E-state index contributed by atoms with van der Waals surface area (Å²) in [4.78, 5) is 6.01. The van der Waals surface area contributed by atoms with Gasteiger partial charge in [-0.25, -0.2) is 0 Å². The summed E-state index contributed by atoms with van der Waals surface area (Å²) in [7, 11) is -3.34. The van der Waals surface area contributed by atoms with E-state index in [-0.39, 0.29) is 11.0 Å². The Balaban J connectivity index is 1.37. The lowest BCUT2D eigenvalue weighted by Crippen LogP contribution is -2.61. The predicted octanol–water partition coefficient (Wildman–Crippen LogP) is 9.43. The van der Waals surface area contributed by atoms with E-state index < -0.39 is 16.6 Å². The van der Waals surface area contributed by atoms with E-state index in [9.17, 15) is 0 Å². The summed E-state index contributed by atoms with van der Waals surface area (Å²) in [6.45, 7) is 22.1. The number of benzene rings is 1. The molecule has 0 amide bonds. The second-order valence-electron chi connectivity index (χ2n) is 16.3. The lowest BCUT2D eigenvalue weighted by atomic mass is 9.44. The fraction of sp³-hybridized carbons (Fsp3) is 0.794. The van der Waals surface area contributed by atoms with Crippen molar-refractivity contribution in [2.45, 2.75) is 136 Å². The first-order valence-electron chi connectivity index (χ1n) is 16.3. The van der Waals surface area contributed by atoms with E-state index in [2.05, 4.69) is 84.3 Å². The van der Waals surface area contributed by atoms with Gasteiger partial charge in [0, 0.05) is 11.5 Å². The van der Waals surface area contributed by atoms with E-state index >= 15 is 0 Å². The van der Waals surface area contributed by atoms with E-state index in [1.807, 2.05) is 6.07 Å². The Morgan fingerprint density at radius 2 is 1.55 bits per heavy atom. The molecule has 4 aliphatic carbocycles. The molecule has 5 rings (SSSR count). The molecule has 4 aliphatic rings. The number of nitrogens with zero attached hydrogens (tertiary/aromatic N) is 1. The van der Waals surface area contributed by atoms with E-state index in [0.717, 1.165) is 35.4 Å². The van der Waals surface area contributed by atoms with E-state index in [1.54, 1.807) is 0 Å². The van der Waals surface area contributed by atoms with Gasteiger partial charge in [0.25, 0.3) is 0 Å². The Kier molecular flexibility index (Phi) is 8.35. The fourth-order valence-corrected chi connectivity index (χ4v) is 12.8. The molecule has 6 heteroatoms. The third kappa shape index (κ3) is 5.68. The number of rotatable bonds is 8. The highest BCUT2D eigenvalue weighted by Crippen LogP contribution is 2.69. The van der Waals surface area contributed by atoms with Gasteiger partial charge in [-0.2, -0.15) is 0 Å². The van der Waals surface area contributed by atoms with Crippen LogP contribution in [0.15, 0.2) is 35.5 Å². The Bertz CT molecular complexity index is 1070. The third-order valence-corrected chi connectivity index (χ3v) is 13.6. The van der Waals surface area contributed by atoms with Crippen LogP contribution in [0, 0.1) is 34.5 Å². The summed E-state index contributed by atoms with van der Waals surface area (Å²) in [5.41, 5.74) is 2.49. The molecule has 0 heterocycles. The molecule has 0 radical (unpaired) electrons. The third-order valence-electron chi connectivity index (χ3n) is 11.6. The number of oxime groups is 1. The topological polar surface area (TPSA) is 40.0 Å². The van der Waals surface area contributed by atoms with E-state index in [4.69, 9.17) is 18.8 Å². The van der Waals surface area contributed by atoms with Crippen LogP contribution in [-0.4, -0.2) is 34.1 Å². The second kappa shape index (κ2) is 11.0. The highest BCUT2D eigenvalue weighted by molar-refractivity contribution is 6.70. The molecule has 0 spiro atoms. The molecule has 0 unspecified atom stereocenters. The largest absolute Gasteiger partial charge is 0.415 e. The molecule has 8 atom stereocenters. The molecule has 0 saturated heterocycles. The molecule has 224 valence electrons. The molecule has 1 aromatic rings. The van der Waals surface area contributed by atoms with Crippen LogP contribution in [0.3, 0.4) is 0 Å². The Morgan fingerprint density at radius 3 is 2.23 bits per heavy atom. The highest BCUT2D eigenvalue weighted by atomic mass is 28.4. The van der Waals surface area contributed by atoms with Crippen LogP contribution in [0.4, 0.5) is 0 Å². The molecule has 40 heavy (non-hydrogen) atoms. The van der Waals surface area contributed by atoms with Crippen LogP contribution >= 0.6 is 0 Å². The van der Waals surface area contributed by atoms with Crippen molar-refractivity contribution < 1.29 is 13.7 Å². The van der Waals surface area contributed by atoms with Crippen molar-refractivity contribution in [3.8, 4) is 0 Å². The number of hydrogen-bond acceptors (Lipinski definition) is 4. The highest BCUT2D eigenvalue weighted by Gasteiger charge is 2.67. The van der Waals surface area contributed by atoms with Gasteiger partial charge in [0.2, 0.25) is 0 Å². The van der Waals surface area contributed by atoms with Gasteiger partial charge in [0.05, 0.1) is 5.71 Å². The molecule has 0 bridgehead atoms. The van der Waals surface area contributed by atoms with Gasteiger partial charge >= 0.3 is 0 Å². The van der Waals surface area contributed by atoms with Gasteiger partial charge < -0.3 is 13.7 Å². The maximum atomic E-state index is 7.31. The molecular weight excluding hydrogens is 527 g/mol. The van der Waals surface area contributed by atoms with Gasteiger partial charge in [-0.3, -0.25) is 0 Å². The van der Waals surface area contributed by atoms with Crippen molar-refractivity contribution in [1.82, 2.24) is 0 Å². The zero-order valence-corrected chi connectivity index (χ0v) is 29.0. The Morgan fingerprint density at radius 1 is 0.850 bits per heavy atom. The van der Waals surface area contributed by atoms with Crippen molar-refractivity contribution in [3.63, 3.8) is 0 Å². The van der Waals surface area contributed by atoms with Gasteiger partial charge in [0.15, 0.2) is 16.6 Å². The standard InChI is InChI=1S/C34H57NO3Si2/c1-25(35-36-24-26-13-11-10-12-14-26)34(38-40(7,8)9)22-19-31-29-16-15-27-23-28(37-39(4,5)6)17-20-32(27,2)30(29)18-21-33(31,34)3/h10-14,27-31H,15-24H2,1-9H3/b35-25-/t27-,28-,29+,30-,31-,32-,33-,34-/m0/s1. The lowest BCUT2D eigenvalue weighted by molar-refractivity contribution is -0.139. The summed E-state index contributed by atoms with van der Waals surface area (Å²) in [6, 6.07) is 10.4. The van der Waals surface area contributed by atoms with E-state index in [1.165, 1.54) is 51.4 Å². The fourth-order valence-electron chi connectivity index (χ4n) is 10.0. The summed E-state index contributed by atoms with van der Waals surface area (Å²) >= 11 is 0. The number of hydrogen-bond donors (Lipinski definition) is 0. The Hall–Kier alpha value is -0.956. The Labute approximate surface area is 247 Å². The average molecular weight is 584 g/mol. The SMILES string of the molecule is C/C(=N/OCc1ccccc1)[C@@]1(O[Si](C)(C)C)CC[C@H]2[C@@H]3CC[C@H]4C[C@@H](O[Si](C)(C)C)CC[C@]4(C)[C@H]3CC[C@@]21C. The number of fused-ring (bicyclic) bond motifs is 5. The van der Waals surface area contributed by atoms with Gasteiger partial charge in [-0.1, -0.05) is 49.3 Å². The molecule has 4 nitrogen and oxygen atoms in total. The van der Waals surface area contributed by atoms with Crippen LogP contribution in [0.5, 0.6) is 0 Å². The van der Waals surface area contributed by atoms with Crippen molar-refractivity contribution in [2.24, 2.45) is 39.7 Å². The normalized spacial score (nSPS) is 40.2. The van der Waals surface area contributed by atoms with Crippen molar-refractivity contribution in [2.75, 3.05) is 0 Å². The van der Waals surface area contributed by atoms with Crippen molar-refractivity contribution >= 4 is 22.3 Å². The average Bonchev–Trinajstić information content (AvgIpc) is 3.15. The summed E-state index contributed by atoms with van der Waals surface area (Å²) in [5, 5.41) is 4.82. The lowest BCUT2D eigenvalue weighted by Gasteiger charge is -2.62. The quantitative estimate of drug-likeness (QED) is 0.174. The van der Waals surface area contributed by atoms with Crippen LogP contribution in [0.1, 0.15) is 84.1 Å². The first kappa shape index (κ1) is 30.5. The summed E-state index contributed by atoms with van der Waals surface area (Å²) in [5.74, 6) is 3.17. The first-order valence-corrected chi connectivity index (χ1v) is 23.1. The van der Waals surface area contributed by atoms with Crippen molar-refractivity contribution in [3.05, 3.63) is 35.9 Å². The molecular formula is C34H57NO3Si2. The summed E-state index contributed by atoms with van der Waals surface area (Å²) < 4.78 is 14.0. The predicted molar refractivity (Wildman–Crippen MR) is 171 cm³/mol. The van der Waals surface area contributed by atoms with Crippen LogP contribution < -0.4 is 0 Å². The zero-order valence-electron chi connectivity index (χ0n) is 27.0. The molecule has 0 N–H and O–H groups in total. The van der Waals surface area contributed by atoms with Crippen LogP contribution in [-0.2, 0) is 20.3 Å². The molecule has 0 aromatic heterocycles. The van der Waals surface area contributed by atoms with Crippen LogP contribution in [0.2, 0.25) is 39.3 Å². The minimum absolute atomic E-state index is 0.111. The molecule has 1 aromatic carbocycles. The van der Waals surface area contributed by atoms with Gasteiger partial charge in [-0.15, -0.1) is 0 Å². The maximum Gasteiger partial charge on any atom is 0.185 e. The monoisotopic (exact) mass is 583 g/mol. The molecule has 4 saturated carbocycles. The molecule has 4 fully saturated rings. The van der Waals surface area contributed by atoms with E-state index in [0.29, 0.717) is 24.0 Å². The molecule has 0 aliphatic heterocycles. The second-order valence-corrected chi connectivity index (χ2v) is 25.1. The van der Waals surface area contributed by atoms with Gasteiger partial charge in [0.1, 0.15) is 12.2 Å². The smallest absolute Gasteiger partial charge is 0.185 e. The van der Waals surface area contributed by atoms with Crippen molar-refractivity contribution in [1.29, 1.82) is 0 Å².